The van der Waals surface area contributed by atoms with Crippen LogP contribution in [0.15, 0.2) is 41.3 Å². The van der Waals surface area contributed by atoms with E-state index < -0.39 is 10.0 Å². The number of benzene rings is 2. The fraction of sp³-hybridized carbons (Fsp3) is 0.350. The van der Waals surface area contributed by atoms with Crippen molar-refractivity contribution >= 4 is 21.7 Å². The maximum Gasteiger partial charge on any atom is 0.322 e. The molecule has 2 aromatic carbocycles. The Kier molecular flexibility index (Phi) is 6.29. The molecule has 1 aliphatic rings. The summed E-state index contributed by atoms with van der Waals surface area (Å²) in [5, 5.41) is 7.88. The summed E-state index contributed by atoms with van der Waals surface area (Å²) in [7, 11) is -3.76. The Bertz CT molecular complexity index is 990. The van der Waals surface area contributed by atoms with Gasteiger partial charge in [-0.1, -0.05) is 0 Å². The molecule has 9 heteroatoms. The molecule has 0 aromatic heterocycles. The number of urea groups is 1. The van der Waals surface area contributed by atoms with Crippen LogP contribution >= 0.6 is 0 Å². The molecule has 0 saturated heterocycles. The third kappa shape index (κ3) is 4.99. The minimum atomic E-state index is -3.76. The van der Waals surface area contributed by atoms with E-state index in [1.165, 1.54) is 24.3 Å². The lowest BCUT2D eigenvalue weighted by atomic mass is 9.99. The van der Waals surface area contributed by atoms with Crippen molar-refractivity contribution in [2.24, 2.45) is 5.14 Å². The highest BCUT2D eigenvalue weighted by atomic mass is 32.2. The fourth-order valence-corrected chi connectivity index (χ4v) is 3.72. The van der Waals surface area contributed by atoms with E-state index in [-0.39, 0.29) is 10.9 Å². The normalized spacial score (nSPS) is 13.6. The number of fused-ring (bicyclic) bond motifs is 1. The maximum atomic E-state index is 12.7. The van der Waals surface area contributed by atoms with Crippen LogP contribution in [0.3, 0.4) is 0 Å². The van der Waals surface area contributed by atoms with E-state index in [9.17, 15) is 13.2 Å². The largest absolute Gasteiger partial charge is 0.490 e. The van der Waals surface area contributed by atoms with Crippen molar-refractivity contribution in [2.45, 2.75) is 31.7 Å². The van der Waals surface area contributed by atoms with Crippen LogP contribution in [0.1, 0.15) is 25.0 Å². The third-order valence-corrected chi connectivity index (χ3v) is 5.53. The molecule has 0 unspecified atom stereocenters. The zero-order chi connectivity index (χ0) is 21.0. The van der Waals surface area contributed by atoms with Gasteiger partial charge in [-0.2, -0.15) is 0 Å². The summed E-state index contributed by atoms with van der Waals surface area (Å²) in [5.41, 5.74) is 2.65. The number of nitrogens with two attached hydrogens (primary N) is 1. The van der Waals surface area contributed by atoms with Gasteiger partial charge in [0.15, 0.2) is 11.5 Å². The number of sulfonamides is 1. The number of nitrogens with zero attached hydrogens (tertiary/aromatic N) is 1. The SMILES string of the molecule is CCOc1cc2c(cc1OCC)CN(C(=O)Nc1ccc(S(N)(=O)=O)cc1)CC2. The smallest absolute Gasteiger partial charge is 0.322 e. The number of nitrogens with one attached hydrogen (secondary N) is 1. The Morgan fingerprint density at radius 2 is 1.66 bits per heavy atom. The molecule has 3 N–H and O–H groups in total. The average molecular weight is 420 g/mol. The molecular formula is C20H25N3O5S. The number of primary sulfonamides is 1. The van der Waals surface area contributed by atoms with Gasteiger partial charge >= 0.3 is 6.03 Å². The van der Waals surface area contributed by atoms with Crippen LogP contribution in [-0.2, 0) is 23.0 Å². The number of anilines is 1. The number of hydrogen-bond donors (Lipinski definition) is 2. The second-order valence-corrected chi connectivity index (χ2v) is 8.17. The first-order valence-electron chi connectivity index (χ1n) is 9.42. The van der Waals surface area contributed by atoms with Crippen molar-refractivity contribution < 1.29 is 22.7 Å². The van der Waals surface area contributed by atoms with Crippen LogP contribution in [0, 0.1) is 0 Å². The van der Waals surface area contributed by atoms with Gasteiger partial charge in [0.2, 0.25) is 10.0 Å². The fourth-order valence-electron chi connectivity index (χ4n) is 3.20. The van der Waals surface area contributed by atoms with Gasteiger partial charge in [0.05, 0.1) is 18.1 Å². The predicted molar refractivity (Wildman–Crippen MR) is 110 cm³/mol. The Balaban J connectivity index is 1.72. The van der Waals surface area contributed by atoms with Crippen LogP contribution < -0.4 is 19.9 Å². The lowest BCUT2D eigenvalue weighted by Gasteiger charge is -2.30. The number of amides is 2. The Morgan fingerprint density at radius 1 is 1.07 bits per heavy atom. The molecule has 0 aliphatic carbocycles. The van der Waals surface area contributed by atoms with Gasteiger partial charge in [-0.3, -0.25) is 0 Å². The second-order valence-electron chi connectivity index (χ2n) is 6.60. The highest BCUT2D eigenvalue weighted by Gasteiger charge is 2.23. The summed E-state index contributed by atoms with van der Waals surface area (Å²) in [6, 6.07) is 9.41. The Morgan fingerprint density at radius 3 is 2.21 bits per heavy atom. The van der Waals surface area contributed by atoms with Crippen LogP contribution in [0.5, 0.6) is 11.5 Å². The topological polar surface area (TPSA) is 111 Å². The molecule has 0 radical (unpaired) electrons. The van der Waals surface area contributed by atoms with Gasteiger partial charge in [0.1, 0.15) is 0 Å². The molecule has 1 aliphatic heterocycles. The van der Waals surface area contributed by atoms with Crippen molar-refractivity contribution in [1.29, 1.82) is 0 Å². The van der Waals surface area contributed by atoms with Gasteiger partial charge in [-0.15, -0.1) is 0 Å². The highest BCUT2D eigenvalue weighted by Crippen LogP contribution is 2.34. The monoisotopic (exact) mass is 419 g/mol. The predicted octanol–water partition coefficient (Wildman–Crippen LogP) is 2.72. The third-order valence-electron chi connectivity index (χ3n) is 4.60. The Hall–Kier alpha value is -2.78. The average Bonchev–Trinajstić information content (AvgIpc) is 2.68. The van der Waals surface area contributed by atoms with Gasteiger partial charge in [0.25, 0.3) is 0 Å². The van der Waals surface area contributed by atoms with Crippen LogP contribution in [0.4, 0.5) is 10.5 Å². The zero-order valence-corrected chi connectivity index (χ0v) is 17.3. The molecule has 0 fully saturated rings. The quantitative estimate of drug-likeness (QED) is 0.748. The molecule has 0 bridgehead atoms. The minimum Gasteiger partial charge on any atom is -0.490 e. The van der Waals surface area contributed by atoms with E-state index in [4.69, 9.17) is 14.6 Å². The van der Waals surface area contributed by atoms with E-state index in [0.717, 1.165) is 16.9 Å². The molecular weight excluding hydrogens is 394 g/mol. The summed E-state index contributed by atoms with van der Waals surface area (Å²) in [5.74, 6) is 1.40. The number of ether oxygens (including phenoxy) is 2. The van der Waals surface area contributed by atoms with Gasteiger partial charge in [-0.05, 0) is 67.8 Å². The van der Waals surface area contributed by atoms with E-state index >= 15 is 0 Å². The molecule has 8 nitrogen and oxygen atoms in total. The molecule has 1 heterocycles. The van der Waals surface area contributed by atoms with Crippen LogP contribution in [-0.4, -0.2) is 39.1 Å². The highest BCUT2D eigenvalue weighted by molar-refractivity contribution is 7.89. The summed E-state index contributed by atoms with van der Waals surface area (Å²) in [4.78, 5) is 14.4. The van der Waals surface area contributed by atoms with Crippen molar-refractivity contribution in [1.82, 2.24) is 4.90 Å². The molecule has 0 atom stereocenters. The summed E-state index contributed by atoms with van der Waals surface area (Å²) in [6.45, 7) is 5.93. The number of rotatable bonds is 6. The van der Waals surface area contributed by atoms with Gasteiger partial charge in [0, 0.05) is 18.8 Å². The molecule has 2 amide bonds. The summed E-state index contributed by atoms with van der Waals surface area (Å²) in [6.07, 6.45) is 0.708. The van der Waals surface area contributed by atoms with Crippen molar-refractivity contribution in [3.63, 3.8) is 0 Å². The molecule has 0 spiro atoms. The maximum absolute atomic E-state index is 12.7. The summed E-state index contributed by atoms with van der Waals surface area (Å²) >= 11 is 0. The number of carbonyl (C=O) groups excluding carboxylic acids is 1. The van der Waals surface area contributed by atoms with Gasteiger partial charge < -0.3 is 19.7 Å². The van der Waals surface area contributed by atoms with E-state index in [2.05, 4.69) is 5.32 Å². The number of hydrogen-bond acceptors (Lipinski definition) is 5. The standard InChI is InChI=1S/C20H25N3O5S/c1-3-27-18-11-14-9-10-23(13-15(14)12-19(18)28-4-2)20(24)22-16-5-7-17(8-6-16)29(21,25)26/h5-8,11-12H,3-4,9-10,13H2,1-2H3,(H,22,24)(H2,21,25,26). The summed E-state index contributed by atoms with van der Waals surface area (Å²) < 4.78 is 34.0. The molecule has 156 valence electrons. The molecule has 0 saturated carbocycles. The van der Waals surface area contributed by atoms with Crippen molar-refractivity contribution in [3.05, 3.63) is 47.5 Å². The molecule has 29 heavy (non-hydrogen) atoms. The Labute approximate surface area is 170 Å². The molecule has 3 rings (SSSR count). The van der Waals surface area contributed by atoms with Crippen LogP contribution in [0.25, 0.3) is 0 Å². The minimum absolute atomic E-state index is 0.00375. The van der Waals surface area contributed by atoms with E-state index in [0.29, 0.717) is 44.2 Å². The van der Waals surface area contributed by atoms with Crippen LogP contribution in [0.2, 0.25) is 0 Å². The first kappa shape index (κ1) is 20.9. The first-order chi connectivity index (χ1) is 13.8. The zero-order valence-electron chi connectivity index (χ0n) is 16.5. The number of carbonyl (C=O) groups is 1. The molecule has 2 aromatic rings. The van der Waals surface area contributed by atoms with Gasteiger partial charge in [-0.25, -0.2) is 18.4 Å². The van der Waals surface area contributed by atoms with Crippen molar-refractivity contribution in [2.75, 3.05) is 25.1 Å². The second kappa shape index (κ2) is 8.71. The first-order valence-corrected chi connectivity index (χ1v) is 11.0. The van der Waals surface area contributed by atoms with Crippen molar-refractivity contribution in [3.8, 4) is 11.5 Å². The lowest BCUT2D eigenvalue weighted by molar-refractivity contribution is 0.206. The lowest BCUT2D eigenvalue weighted by Crippen LogP contribution is -2.38. The van der Waals surface area contributed by atoms with E-state index in [1.54, 1.807) is 4.90 Å². The van der Waals surface area contributed by atoms with E-state index in [1.807, 2.05) is 26.0 Å².